The standard InChI is InChI=1S/C21H35N7/c1-16-17(2)23-21(26(5)6)24-19(16)28-12-7-9-18(15-28)20-22-10-14-27(20)13-8-11-25(3)4/h10,14,18H,7-9,11-13,15H2,1-6H3/t18-/m0/s1. The third kappa shape index (κ3) is 4.63. The van der Waals surface area contributed by atoms with Crippen LogP contribution in [0.5, 0.6) is 0 Å². The van der Waals surface area contributed by atoms with Gasteiger partial charge in [-0.05, 0) is 53.8 Å². The summed E-state index contributed by atoms with van der Waals surface area (Å²) in [5, 5.41) is 0. The van der Waals surface area contributed by atoms with Crippen molar-refractivity contribution < 1.29 is 0 Å². The summed E-state index contributed by atoms with van der Waals surface area (Å²) in [6, 6.07) is 0. The van der Waals surface area contributed by atoms with Crippen molar-refractivity contribution in [2.75, 3.05) is 57.6 Å². The number of hydrogen-bond donors (Lipinski definition) is 0. The topological polar surface area (TPSA) is 53.3 Å². The monoisotopic (exact) mass is 385 g/mol. The van der Waals surface area contributed by atoms with Crippen molar-refractivity contribution in [1.29, 1.82) is 0 Å². The van der Waals surface area contributed by atoms with Crippen molar-refractivity contribution in [1.82, 2.24) is 24.4 Å². The largest absolute Gasteiger partial charge is 0.355 e. The van der Waals surface area contributed by atoms with E-state index in [4.69, 9.17) is 9.97 Å². The summed E-state index contributed by atoms with van der Waals surface area (Å²) in [7, 11) is 8.25. The fourth-order valence-electron chi connectivity index (χ4n) is 3.91. The summed E-state index contributed by atoms with van der Waals surface area (Å²) in [5.74, 6) is 3.53. The number of piperidine rings is 1. The molecule has 28 heavy (non-hydrogen) atoms. The number of aryl methyl sites for hydroxylation is 2. The van der Waals surface area contributed by atoms with Gasteiger partial charge in [0.1, 0.15) is 11.6 Å². The number of imidazole rings is 1. The zero-order chi connectivity index (χ0) is 20.3. The normalized spacial score (nSPS) is 17.4. The Morgan fingerprint density at radius 2 is 1.93 bits per heavy atom. The molecule has 0 N–H and O–H groups in total. The molecule has 154 valence electrons. The number of anilines is 2. The summed E-state index contributed by atoms with van der Waals surface area (Å²) in [6.45, 7) is 8.35. The highest BCUT2D eigenvalue weighted by atomic mass is 15.3. The first kappa shape index (κ1) is 20.6. The number of hydrogen-bond acceptors (Lipinski definition) is 6. The van der Waals surface area contributed by atoms with Crippen LogP contribution in [0, 0.1) is 13.8 Å². The van der Waals surface area contributed by atoms with E-state index < -0.39 is 0 Å². The van der Waals surface area contributed by atoms with Crippen LogP contribution in [-0.2, 0) is 6.54 Å². The molecule has 0 spiro atoms. The van der Waals surface area contributed by atoms with Crippen LogP contribution in [0.1, 0.15) is 42.3 Å². The molecule has 0 amide bonds. The summed E-state index contributed by atoms with van der Waals surface area (Å²) in [6.07, 6.45) is 7.57. The van der Waals surface area contributed by atoms with Gasteiger partial charge in [-0.25, -0.2) is 9.97 Å². The smallest absolute Gasteiger partial charge is 0.227 e. The second-order valence-electron chi connectivity index (χ2n) is 8.37. The van der Waals surface area contributed by atoms with Gasteiger partial charge in [0, 0.05) is 63.3 Å². The Bertz CT molecular complexity index is 781. The van der Waals surface area contributed by atoms with E-state index in [2.05, 4.69) is 53.5 Å². The highest BCUT2D eigenvalue weighted by molar-refractivity contribution is 5.52. The first-order chi connectivity index (χ1) is 13.4. The van der Waals surface area contributed by atoms with Crippen LogP contribution in [0.2, 0.25) is 0 Å². The second-order valence-corrected chi connectivity index (χ2v) is 8.37. The molecule has 0 bridgehead atoms. The van der Waals surface area contributed by atoms with Gasteiger partial charge in [0.25, 0.3) is 0 Å². The molecule has 1 aliphatic rings. The Hall–Kier alpha value is -2.15. The predicted molar refractivity (Wildman–Crippen MR) is 115 cm³/mol. The van der Waals surface area contributed by atoms with E-state index in [9.17, 15) is 0 Å². The average molecular weight is 386 g/mol. The van der Waals surface area contributed by atoms with Crippen molar-refractivity contribution in [3.63, 3.8) is 0 Å². The number of aromatic nitrogens is 4. The molecule has 0 saturated carbocycles. The van der Waals surface area contributed by atoms with E-state index >= 15 is 0 Å². The fraction of sp³-hybridized carbons (Fsp3) is 0.667. The first-order valence-electron chi connectivity index (χ1n) is 10.3. The van der Waals surface area contributed by atoms with Gasteiger partial charge < -0.3 is 19.3 Å². The van der Waals surface area contributed by atoms with Gasteiger partial charge in [-0.3, -0.25) is 0 Å². The van der Waals surface area contributed by atoms with Crippen molar-refractivity contribution in [2.45, 2.75) is 45.6 Å². The maximum absolute atomic E-state index is 4.87. The van der Waals surface area contributed by atoms with Crippen LogP contribution in [-0.4, -0.2) is 72.2 Å². The molecule has 3 rings (SSSR count). The molecule has 1 aliphatic heterocycles. The Morgan fingerprint density at radius 1 is 1.14 bits per heavy atom. The zero-order valence-electron chi connectivity index (χ0n) is 18.3. The maximum atomic E-state index is 4.87. The van der Waals surface area contributed by atoms with Crippen LogP contribution >= 0.6 is 0 Å². The van der Waals surface area contributed by atoms with E-state index in [0.29, 0.717) is 5.92 Å². The Balaban J connectivity index is 1.78. The number of rotatable bonds is 7. The molecule has 0 unspecified atom stereocenters. The summed E-state index contributed by atoms with van der Waals surface area (Å²) >= 11 is 0. The second kappa shape index (κ2) is 8.90. The summed E-state index contributed by atoms with van der Waals surface area (Å²) in [4.78, 5) is 20.9. The van der Waals surface area contributed by atoms with Gasteiger partial charge in [-0.1, -0.05) is 0 Å². The summed E-state index contributed by atoms with van der Waals surface area (Å²) < 4.78 is 2.35. The molecule has 2 aromatic rings. The Labute approximate surface area is 169 Å². The van der Waals surface area contributed by atoms with E-state index in [-0.39, 0.29) is 0 Å². The van der Waals surface area contributed by atoms with Crippen molar-refractivity contribution in [2.24, 2.45) is 0 Å². The third-order valence-electron chi connectivity index (χ3n) is 5.59. The minimum absolute atomic E-state index is 0.445. The molecule has 1 atom stereocenters. The molecule has 1 saturated heterocycles. The summed E-state index contributed by atoms with van der Waals surface area (Å²) in [5.41, 5.74) is 2.24. The third-order valence-corrected chi connectivity index (χ3v) is 5.59. The zero-order valence-corrected chi connectivity index (χ0v) is 18.3. The molecule has 2 aromatic heterocycles. The van der Waals surface area contributed by atoms with Gasteiger partial charge >= 0.3 is 0 Å². The average Bonchev–Trinajstić information content (AvgIpc) is 3.12. The lowest BCUT2D eigenvalue weighted by Crippen LogP contribution is -2.37. The molecule has 1 fully saturated rings. The molecule has 0 aromatic carbocycles. The van der Waals surface area contributed by atoms with Gasteiger partial charge in [0.2, 0.25) is 5.95 Å². The highest BCUT2D eigenvalue weighted by Gasteiger charge is 2.27. The van der Waals surface area contributed by atoms with E-state index in [0.717, 1.165) is 56.5 Å². The van der Waals surface area contributed by atoms with E-state index in [1.165, 1.54) is 17.8 Å². The molecule has 0 aliphatic carbocycles. The predicted octanol–water partition coefficient (Wildman–Crippen LogP) is 2.69. The van der Waals surface area contributed by atoms with Crippen LogP contribution in [0.3, 0.4) is 0 Å². The lowest BCUT2D eigenvalue weighted by atomic mass is 9.96. The van der Waals surface area contributed by atoms with Gasteiger partial charge in [-0.2, -0.15) is 4.98 Å². The highest BCUT2D eigenvalue weighted by Crippen LogP contribution is 2.31. The van der Waals surface area contributed by atoms with Gasteiger partial charge in [0.15, 0.2) is 0 Å². The molecular formula is C21H35N7. The van der Waals surface area contributed by atoms with Crippen LogP contribution in [0.4, 0.5) is 11.8 Å². The van der Waals surface area contributed by atoms with Crippen molar-refractivity contribution in [3.05, 3.63) is 29.5 Å². The number of nitrogens with zero attached hydrogens (tertiary/aromatic N) is 7. The lowest BCUT2D eigenvalue weighted by Gasteiger charge is -2.35. The van der Waals surface area contributed by atoms with Crippen molar-refractivity contribution in [3.8, 4) is 0 Å². The quantitative estimate of drug-likeness (QED) is 0.730. The fourth-order valence-corrected chi connectivity index (χ4v) is 3.91. The van der Waals surface area contributed by atoms with E-state index in [1.54, 1.807) is 0 Å². The van der Waals surface area contributed by atoms with Gasteiger partial charge in [0.05, 0.1) is 0 Å². The molecule has 0 radical (unpaired) electrons. The lowest BCUT2D eigenvalue weighted by molar-refractivity contribution is 0.380. The molecule has 7 heteroatoms. The minimum Gasteiger partial charge on any atom is -0.355 e. The Kier molecular flexibility index (Phi) is 6.54. The molecule has 3 heterocycles. The molecule has 7 nitrogen and oxygen atoms in total. The van der Waals surface area contributed by atoms with Crippen LogP contribution in [0.15, 0.2) is 12.4 Å². The molecular weight excluding hydrogens is 350 g/mol. The van der Waals surface area contributed by atoms with Crippen LogP contribution < -0.4 is 9.80 Å². The Morgan fingerprint density at radius 3 is 2.64 bits per heavy atom. The van der Waals surface area contributed by atoms with Gasteiger partial charge in [-0.15, -0.1) is 0 Å². The van der Waals surface area contributed by atoms with Crippen molar-refractivity contribution >= 4 is 11.8 Å². The van der Waals surface area contributed by atoms with Crippen LogP contribution in [0.25, 0.3) is 0 Å². The first-order valence-corrected chi connectivity index (χ1v) is 10.3. The van der Waals surface area contributed by atoms with E-state index in [1.807, 2.05) is 25.2 Å². The SMILES string of the molecule is Cc1nc(N(C)C)nc(N2CCC[C@H](c3nccn3CCCN(C)C)C2)c1C. The minimum atomic E-state index is 0.445. The maximum Gasteiger partial charge on any atom is 0.227 e.